The van der Waals surface area contributed by atoms with E-state index in [0.29, 0.717) is 0 Å². The van der Waals surface area contributed by atoms with Crippen molar-refractivity contribution in [3.05, 3.63) is 252 Å². The second-order valence-electron chi connectivity index (χ2n) is 17.3. The van der Waals surface area contributed by atoms with Crippen molar-refractivity contribution < 1.29 is 0 Å². The lowest BCUT2D eigenvalue weighted by atomic mass is 9.70. The maximum Gasteiger partial charge on any atom is 0.0726 e. The Morgan fingerprint density at radius 3 is 1.52 bits per heavy atom. The summed E-state index contributed by atoms with van der Waals surface area (Å²) < 4.78 is 0. The van der Waals surface area contributed by atoms with Crippen LogP contribution in [0.5, 0.6) is 0 Å². The molecule has 1 unspecified atom stereocenters. The molecule has 0 fully saturated rings. The topological polar surface area (TPSA) is 3.24 Å². The standard InChI is InChI=1S/C60H43N/c1-4-39-27-31-49-50-32-28-42(40-17-7-5-8-18-40)36-56(50)60(55(49)35-39)53-25-15-12-23-47(53)51-34-30-44(38-57(51)60)61(58-26-16-13-21-45(58)41-19-9-6-10-20-41)43-29-33-48-46-22-11-14-24-52(46)59(2,3)54(48)37-43/h4-38H,1H2,2-3H3. The fourth-order valence-corrected chi connectivity index (χ4v) is 11.1. The first-order valence-electron chi connectivity index (χ1n) is 21.4. The second-order valence-corrected chi connectivity index (χ2v) is 17.3. The van der Waals surface area contributed by atoms with Gasteiger partial charge in [0.25, 0.3) is 0 Å². The van der Waals surface area contributed by atoms with Gasteiger partial charge in [-0.1, -0.05) is 190 Å². The van der Waals surface area contributed by atoms with Crippen LogP contribution in [0.15, 0.2) is 213 Å². The lowest BCUT2D eigenvalue weighted by molar-refractivity contribution is 0.660. The highest BCUT2D eigenvalue weighted by atomic mass is 15.1. The summed E-state index contributed by atoms with van der Waals surface area (Å²) in [6.45, 7) is 8.98. The van der Waals surface area contributed by atoms with Crippen molar-refractivity contribution in [2.24, 2.45) is 0 Å². The number of hydrogen-bond donors (Lipinski definition) is 0. The third-order valence-corrected chi connectivity index (χ3v) is 13.8. The van der Waals surface area contributed by atoms with E-state index in [1.54, 1.807) is 0 Å². The van der Waals surface area contributed by atoms with Crippen molar-refractivity contribution in [1.29, 1.82) is 0 Å². The van der Waals surface area contributed by atoms with Gasteiger partial charge in [-0.05, 0) is 131 Å². The van der Waals surface area contributed by atoms with Gasteiger partial charge in [0.2, 0.25) is 0 Å². The number of para-hydroxylation sites is 1. The summed E-state index contributed by atoms with van der Waals surface area (Å²) in [5.41, 5.74) is 24.4. The fraction of sp³-hybridized carbons (Fsp3) is 0.0667. The van der Waals surface area contributed by atoms with Crippen molar-refractivity contribution >= 4 is 23.1 Å². The van der Waals surface area contributed by atoms with Gasteiger partial charge in [-0.15, -0.1) is 0 Å². The molecule has 9 aromatic carbocycles. The molecule has 1 spiro atoms. The number of nitrogens with zero attached hydrogens (tertiary/aromatic N) is 1. The first-order chi connectivity index (χ1) is 30.0. The van der Waals surface area contributed by atoms with Crippen LogP contribution in [0.25, 0.3) is 61.7 Å². The molecule has 1 heteroatoms. The van der Waals surface area contributed by atoms with Crippen molar-refractivity contribution in [3.63, 3.8) is 0 Å². The highest BCUT2D eigenvalue weighted by molar-refractivity contribution is 5.98. The predicted octanol–water partition coefficient (Wildman–Crippen LogP) is 15.8. The number of benzene rings is 9. The fourth-order valence-electron chi connectivity index (χ4n) is 11.1. The van der Waals surface area contributed by atoms with Crippen molar-refractivity contribution in [1.82, 2.24) is 0 Å². The molecule has 0 bridgehead atoms. The Morgan fingerprint density at radius 1 is 0.361 bits per heavy atom. The molecule has 3 aliphatic rings. The largest absolute Gasteiger partial charge is 0.310 e. The Bertz CT molecular complexity index is 3240. The number of fused-ring (bicyclic) bond motifs is 13. The lowest BCUT2D eigenvalue weighted by Gasteiger charge is -2.33. The summed E-state index contributed by atoms with van der Waals surface area (Å²) in [5.74, 6) is 0. The second kappa shape index (κ2) is 13.3. The zero-order chi connectivity index (χ0) is 40.9. The van der Waals surface area contributed by atoms with Gasteiger partial charge < -0.3 is 4.90 Å². The summed E-state index contributed by atoms with van der Waals surface area (Å²) in [6.07, 6.45) is 1.99. The molecule has 12 rings (SSSR count). The van der Waals surface area contributed by atoms with E-state index in [1.807, 2.05) is 6.08 Å². The van der Waals surface area contributed by atoms with Crippen LogP contribution in [0.1, 0.15) is 52.8 Å². The van der Waals surface area contributed by atoms with Gasteiger partial charge in [0, 0.05) is 22.4 Å². The maximum absolute atomic E-state index is 4.24. The van der Waals surface area contributed by atoms with E-state index in [0.717, 1.165) is 22.6 Å². The van der Waals surface area contributed by atoms with Crippen molar-refractivity contribution in [3.8, 4) is 55.6 Å². The van der Waals surface area contributed by atoms with Gasteiger partial charge in [-0.2, -0.15) is 0 Å². The van der Waals surface area contributed by atoms with Gasteiger partial charge in [-0.3, -0.25) is 0 Å². The van der Waals surface area contributed by atoms with E-state index in [9.17, 15) is 0 Å². The summed E-state index contributed by atoms with van der Waals surface area (Å²) in [4.78, 5) is 2.51. The van der Waals surface area contributed by atoms with Crippen LogP contribution in [0, 0.1) is 0 Å². The average molecular weight is 778 g/mol. The molecule has 0 saturated heterocycles. The average Bonchev–Trinajstić information content (AvgIpc) is 3.87. The van der Waals surface area contributed by atoms with E-state index in [1.165, 1.54) is 89.0 Å². The number of anilines is 3. The predicted molar refractivity (Wildman–Crippen MR) is 256 cm³/mol. The van der Waals surface area contributed by atoms with Crippen LogP contribution in [0.2, 0.25) is 0 Å². The molecule has 0 N–H and O–H groups in total. The van der Waals surface area contributed by atoms with E-state index in [4.69, 9.17) is 0 Å². The van der Waals surface area contributed by atoms with Gasteiger partial charge in [0.15, 0.2) is 0 Å². The summed E-state index contributed by atoms with van der Waals surface area (Å²) in [7, 11) is 0. The van der Waals surface area contributed by atoms with E-state index < -0.39 is 5.41 Å². The Kier molecular flexibility index (Phi) is 7.71. The molecule has 0 heterocycles. The first-order valence-corrected chi connectivity index (χ1v) is 21.4. The molecule has 1 nitrogen and oxygen atoms in total. The monoisotopic (exact) mass is 777 g/mol. The molecule has 3 aliphatic carbocycles. The Balaban J connectivity index is 1.15. The third-order valence-electron chi connectivity index (χ3n) is 13.8. The zero-order valence-electron chi connectivity index (χ0n) is 34.4. The quantitative estimate of drug-likeness (QED) is 0.163. The molecule has 0 radical (unpaired) electrons. The maximum atomic E-state index is 4.24. The Labute approximate surface area is 358 Å². The van der Waals surface area contributed by atoms with Gasteiger partial charge in [-0.25, -0.2) is 0 Å². The van der Waals surface area contributed by atoms with Crippen LogP contribution in [-0.2, 0) is 10.8 Å². The molecule has 0 aliphatic heterocycles. The number of rotatable bonds is 6. The van der Waals surface area contributed by atoms with E-state index >= 15 is 0 Å². The smallest absolute Gasteiger partial charge is 0.0726 e. The minimum absolute atomic E-state index is 0.146. The Morgan fingerprint density at radius 2 is 0.836 bits per heavy atom. The van der Waals surface area contributed by atoms with Crippen molar-refractivity contribution in [2.75, 3.05) is 4.90 Å². The van der Waals surface area contributed by atoms with Crippen LogP contribution < -0.4 is 4.90 Å². The SMILES string of the molecule is C=Cc1ccc2c(c1)C1(c3ccccc3-c3ccc(N(c4ccc5c(c4)C(C)(C)c4ccccc4-5)c4ccccc4-c4ccccc4)cc31)c1cc(-c3ccccc3)ccc1-2. The van der Waals surface area contributed by atoms with Gasteiger partial charge in [0.1, 0.15) is 0 Å². The third kappa shape index (κ3) is 5.01. The zero-order valence-corrected chi connectivity index (χ0v) is 34.4. The molecular formula is C60H43N. The Hall–Kier alpha value is -7.48. The van der Waals surface area contributed by atoms with Crippen molar-refractivity contribution in [2.45, 2.75) is 24.7 Å². The van der Waals surface area contributed by atoms with Gasteiger partial charge in [0.05, 0.1) is 11.1 Å². The summed E-state index contributed by atoms with van der Waals surface area (Å²) in [6, 6.07) is 77.0. The van der Waals surface area contributed by atoms with Crippen LogP contribution >= 0.6 is 0 Å². The molecule has 288 valence electrons. The van der Waals surface area contributed by atoms with E-state index in [2.05, 4.69) is 232 Å². The van der Waals surface area contributed by atoms with Crippen LogP contribution in [0.4, 0.5) is 17.1 Å². The van der Waals surface area contributed by atoms with Crippen LogP contribution in [0.3, 0.4) is 0 Å². The summed E-state index contributed by atoms with van der Waals surface area (Å²) in [5, 5.41) is 0. The molecule has 9 aromatic rings. The van der Waals surface area contributed by atoms with E-state index in [-0.39, 0.29) is 5.41 Å². The molecule has 1 atom stereocenters. The normalized spacial score (nSPS) is 15.6. The summed E-state index contributed by atoms with van der Waals surface area (Å²) >= 11 is 0. The molecule has 0 aromatic heterocycles. The van der Waals surface area contributed by atoms with Gasteiger partial charge >= 0.3 is 0 Å². The highest BCUT2D eigenvalue weighted by Crippen LogP contribution is 2.64. The highest BCUT2D eigenvalue weighted by Gasteiger charge is 2.52. The van der Waals surface area contributed by atoms with Crippen LogP contribution in [-0.4, -0.2) is 0 Å². The molecular weight excluding hydrogens is 735 g/mol. The lowest BCUT2D eigenvalue weighted by Crippen LogP contribution is -2.26. The number of hydrogen-bond acceptors (Lipinski definition) is 1. The molecule has 61 heavy (non-hydrogen) atoms. The minimum Gasteiger partial charge on any atom is -0.310 e. The minimum atomic E-state index is -0.553. The first kappa shape index (κ1) is 35.5. The molecule has 0 saturated carbocycles. The molecule has 0 amide bonds.